The molecule has 0 saturated carbocycles. The summed E-state index contributed by atoms with van der Waals surface area (Å²) >= 11 is 0. The Morgan fingerprint density at radius 2 is 2.04 bits per heavy atom. The topological polar surface area (TPSA) is 66.7 Å². The van der Waals surface area contributed by atoms with Crippen molar-refractivity contribution in [1.29, 1.82) is 0 Å². The Morgan fingerprint density at radius 1 is 1.21 bits per heavy atom. The molecule has 0 bridgehead atoms. The summed E-state index contributed by atoms with van der Waals surface area (Å²) in [6, 6.07) is 3.56. The van der Waals surface area contributed by atoms with Crippen molar-refractivity contribution in [2.75, 3.05) is 0 Å². The summed E-state index contributed by atoms with van der Waals surface area (Å²) < 4.78 is 1.89. The number of fused-ring (bicyclic) bond motifs is 1. The van der Waals surface area contributed by atoms with Gasteiger partial charge >= 0.3 is 6.03 Å². The van der Waals surface area contributed by atoms with E-state index in [0.717, 1.165) is 36.8 Å². The quantitative estimate of drug-likeness (QED) is 0.627. The van der Waals surface area contributed by atoms with Crippen LogP contribution in [0.25, 0.3) is 5.52 Å². The molecule has 1 saturated heterocycles. The number of nitrogens with one attached hydrogen (secondary N) is 1. The molecule has 6 nitrogen and oxygen atoms in total. The number of hydrogen-bond acceptors (Lipinski definition) is 3. The van der Waals surface area contributed by atoms with E-state index in [1.165, 1.54) is 4.90 Å². The monoisotopic (exact) mass is 328 g/mol. The number of carbonyl (C=O) groups is 2. The number of urea groups is 1. The van der Waals surface area contributed by atoms with Crippen LogP contribution in [0, 0.1) is 0 Å². The Balaban J connectivity index is 1.69. The molecule has 0 spiro atoms. The van der Waals surface area contributed by atoms with E-state index in [9.17, 15) is 9.59 Å². The van der Waals surface area contributed by atoms with Crippen LogP contribution in [-0.2, 0) is 11.3 Å². The first-order valence-electron chi connectivity index (χ1n) is 8.58. The van der Waals surface area contributed by atoms with Crippen LogP contribution in [-0.4, -0.2) is 31.8 Å². The van der Waals surface area contributed by atoms with Gasteiger partial charge in [-0.1, -0.05) is 38.7 Å². The molecule has 1 atom stereocenters. The lowest BCUT2D eigenvalue weighted by Crippen LogP contribution is -2.43. The molecule has 0 radical (unpaired) electrons. The summed E-state index contributed by atoms with van der Waals surface area (Å²) in [5.74, 6) is -0.130. The lowest BCUT2D eigenvalue weighted by molar-refractivity contribution is -0.131. The molecular formula is C18H24N4O2. The maximum Gasteiger partial charge on any atom is 0.325 e. The number of nitrogens with zero attached hydrogens (tertiary/aromatic N) is 3. The van der Waals surface area contributed by atoms with Crippen LogP contribution in [0.2, 0.25) is 0 Å². The van der Waals surface area contributed by atoms with Crippen molar-refractivity contribution in [3.05, 3.63) is 36.4 Å². The molecule has 1 aliphatic rings. The lowest BCUT2D eigenvalue weighted by atomic mass is 9.94. The van der Waals surface area contributed by atoms with E-state index in [-0.39, 0.29) is 18.5 Å². The van der Waals surface area contributed by atoms with Crippen molar-refractivity contribution in [2.24, 2.45) is 0 Å². The lowest BCUT2D eigenvalue weighted by Gasteiger charge is -2.21. The number of rotatable bonds is 7. The summed E-state index contributed by atoms with van der Waals surface area (Å²) in [6.45, 7) is 4.27. The zero-order chi connectivity index (χ0) is 17.2. The van der Waals surface area contributed by atoms with Crippen molar-refractivity contribution in [1.82, 2.24) is 19.6 Å². The highest BCUT2D eigenvalue weighted by molar-refractivity contribution is 6.06. The largest absolute Gasteiger partial charge is 0.325 e. The maximum absolute atomic E-state index is 12.7. The molecule has 1 unspecified atom stereocenters. The minimum absolute atomic E-state index is 0.130. The maximum atomic E-state index is 12.7. The van der Waals surface area contributed by atoms with Gasteiger partial charge in [0.1, 0.15) is 5.54 Å². The van der Waals surface area contributed by atoms with Crippen molar-refractivity contribution in [3.8, 4) is 0 Å². The third-order valence-corrected chi connectivity index (χ3v) is 4.69. The second-order valence-corrected chi connectivity index (χ2v) is 6.73. The number of aromatic nitrogens is 2. The van der Waals surface area contributed by atoms with E-state index in [4.69, 9.17) is 0 Å². The van der Waals surface area contributed by atoms with E-state index in [1.807, 2.05) is 29.7 Å². The Kier molecular flexibility index (Phi) is 4.55. The number of unbranched alkanes of at least 4 members (excludes halogenated alkanes) is 3. The second-order valence-electron chi connectivity index (χ2n) is 6.73. The fraction of sp³-hybridized carbons (Fsp3) is 0.500. The van der Waals surface area contributed by atoms with Gasteiger partial charge in [-0.25, -0.2) is 9.78 Å². The van der Waals surface area contributed by atoms with Crippen LogP contribution in [0.3, 0.4) is 0 Å². The van der Waals surface area contributed by atoms with Crippen LogP contribution >= 0.6 is 0 Å². The SMILES string of the molecule is CCCCCCC1(C)NC(=O)N(Cc2ccc3cncn3c2)C1=O. The third-order valence-electron chi connectivity index (χ3n) is 4.69. The van der Waals surface area contributed by atoms with Crippen molar-refractivity contribution < 1.29 is 9.59 Å². The number of carbonyl (C=O) groups excluding carboxylic acids is 2. The number of imide groups is 1. The minimum Gasteiger partial charge on any atom is -0.323 e. The van der Waals surface area contributed by atoms with E-state index >= 15 is 0 Å². The predicted octanol–water partition coefficient (Wildman–Crippen LogP) is 3.12. The molecule has 1 N–H and O–H groups in total. The fourth-order valence-corrected chi connectivity index (χ4v) is 3.21. The van der Waals surface area contributed by atoms with Crippen LogP contribution in [0.4, 0.5) is 4.79 Å². The summed E-state index contributed by atoms with van der Waals surface area (Å²) in [5.41, 5.74) is 1.11. The van der Waals surface area contributed by atoms with Crippen molar-refractivity contribution in [3.63, 3.8) is 0 Å². The van der Waals surface area contributed by atoms with Gasteiger partial charge in [-0.15, -0.1) is 0 Å². The molecule has 3 rings (SSSR count). The molecule has 24 heavy (non-hydrogen) atoms. The number of hydrogen-bond donors (Lipinski definition) is 1. The summed E-state index contributed by atoms with van der Waals surface area (Å²) in [5, 5.41) is 2.88. The van der Waals surface area contributed by atoms with Gasteiger partial charge in [-0.2, -0.15) is 0 Å². The molecule has 6 heteroatoms. The first-order chi connectivity index (χ1) is 11.5. The zero-order valence-corrected chi connectivity index (χ0v) is 14.3. The van der Waals surface area contributed by atoms with E-state index in [0.29, 0.717) is 6.42 Å². The Morgan fingerprint density at radius 3 is 2.83 bits per heavy atom. The van der Waals surface area contributed by atoms with E-state index in [2.05, 4.69) is 17.2 Å². The molecule has 0 aliphatic carbocycles. The van der Waals surface area contributed by atoms with Gasteiger partial charge < -0.3 is 9.72 Å². The average molecular weight is 328 g/mol. The highest BCUT2D eigenvalue weighted by Crippen LogP contribution is 2.25. The standard InChI is InChI=1S/C18H24N4O2/c1-3-4-5-6-9-18(2)16(23)22(17(24)20-18)12-14-7-8-15-10-19-13-21(15)11-14/h7-8,10-11,13H,3-6,9,12H2,1-2H3,(H,20,24). The summed E-state index contributed by atoms with van der Waals surface area (Å²) in [6.07, 6.45) is 10.4. The van der Waals surface area contributed by atoms with Crippen molar-refractivity contribution in [2.45, 2.75) is 58.0 Å². The highest BCUT2D eigenvalue weighted by Gasteiger charge is 2.47. The molecular weight excluding hydrogens is 304 g/mol. The third kappa shape index (κ3) is 3.13. The Hall–Kier alpha value is -2.37. The first-order valence-corrected chi connectivity index (χ1v) is 8.58. The minimum atomic E-state index is -0.774. The van der Waals surface area contributed by atoms with E-state index < -0.39 is 5.54 Å². The Bertz CT molecular complexity index is 754. The predicted molar refractivity (Wildman–Crippen MR) is 91.4 cm³/mol. The van der Waals surface area contributed by atoms with Crippen LogP contribution in [0.15, 0.2) is 30.9 Å². The smallest absolute Gasteiger partial charge is 0.323 e. The average Bonchev–Trinajstić information content (AvgIpc) is 3.10. The molecule has 3 amide bonds. The van der Waals surface area contributed by atoms with Gasteiger partial charge in [0.15, 0.2) is 0 Å². The molecule has 1 fully saturated rings. The Labute approximate surface area is 141 Å². The van der Waals surface area contributed by atoms with Crippen LogP contribution in [0.1, 0.15) is 51.5 Å². The molecule has 2 aromatic rings. The van der Waals surface area contributed by atoms with Crippen molar-refractivity contribution >= 4 is 17.5 Å². The first kappa shape index (κ1) is 16.5. The van der Waals surface area contributed by atoms with Crippen LogP contribution < -0.4 is 5.32 Å². The molecule has 3 heterocycles. The van der Waals surface area contributed by atoms with Gasteiger partial charge in [0.2, 0.25) is 0 Å². The zero-order valence-electron chi connectivity index (χ0n) is 14.3. The summed E-state index contributed by atoms with van der Waals surface area (Å²) in [4.78, 5) is 30.4. The number of amides is 3. The number of imidazole rings is 1. The van der Waals surface area contributed by atoms with Crippen LogP contribution in [0.5, 0.6) is 0 Å². The molecule has 2 aromatic heterocycles. The summed E-state index contributed by atoms with van der Waals surface area (Å²) in [7, 11) is 0. The van der Waals surface area contributed by atoms with E-state index in [1.54, 1.807) is 12.5 Å². The normalized spacial score (nSPS) is 20.8. The van der Waals surface area contributed by atoms with Gasteiger partial charge in [-0.3, -0.25) is 9.69 Å². The van der Waals surface area contributed by atoms with Gasteiger partial charge in [0.05, 0.1) is 24.6 Å². The van der Waals surface area contributed by atoms with Gasteiger partial charge in [-0.05, 0) is 25.0 Å². The molecule has 0 aromatic carbocycles. The second kappa shape index (κ2) is 6.63. The number of pyridine rings is 1. The van der Waals surface area contributed by atoms with Gasteiger partial charge in [0.25, 0.3) is 5.91 Å². The molecule has 1 aliphatic heterocycles. The van der Waals surface area contributed by atoms with Gasteiger partial charge in [0, 0.05) is 6.20 Å². The fourth-order valence-electron chi connectivity index (χ4n) is 3.21. The highest BCUT2D eigenvalue weighted by atomic mass is 16.2. The molecule has 128 valence electrons.